The maximum absolute atomic E-state index is 11.2. The van der Waals surface area contributed by atoms with Crippen molar-refractivity contribution in [2.24, 2.45) is 0 Å². The lowest BCUT2D eigenvalue weighted by Gasteiger charge is -2.18. The molecule has 0 saturated carbocycles. The van der Waals surface area contributed by atoms with Crippen LogP contribution in [0.5, 0.6) is 0 Å². The molecule has 0 aliphatic carbocycles. The molecule has 4 nitrogen and oxygen atoms in total. The van der Waals surface area contributed by atoms with Crippen LogP contribution in [-0.2, 0) is 0 Å². The van der Waals surface area contributed by atoms with E-state index < -0.39 is 6.23 Å². The first kappa shape index (κ1) is 8.07. The Bertz CT molecular complexity index is 179. The molecule has 0 aromatic rings. The average Bonchev–Trinajstić information content (AvgIpc) is 2.30. The van der Waals surface area contributed by atoms with Crippen LogP contribution in [0, 0.1) is 0 Å². The summed E-state index contributed by atoms with van der Waals surface area (Å²) in [6.45, 7) is 6.25. The van der Waals surface area contributed by atoms with Crippen molar-refractivity contribution in [1.29, 1.82) is 0 Å². The van der Waals surface area contributed by atoms with Crippen LogP contribution in [0.15, 0.2) is 12.8 Å². The van der Waals surface area contributed by atoms with E-state index in [0.29, 0.717) is 13.1 Å². The predicted molar refractivity (Wildman–Crippen MR) is 40.7 cm³/mol. The van der Waals surface area contributed by atoms with E-state index in [4.69, 9.17) is 5.11 Å². The minimum Gasteiger partial charge on any atom is -0.374 e. The van der Waals surface area contributed by atoms with Gasteiger partial charge in [-0.05, 0) is 6.92 Å². The number of nitrogens with zero attached hydrogens (tertiary/aromatic N) is 2. The number of hydrogen-bond donors (Lipinski definition) is 1. The second-order valence-corrected chi connectivity index (χ2v) is 2.48. The number of hydrogen-bond acceptors (Lipinski definition) is 2. The standard InChI is InChI=1S/C7H12N2O2/c1-3-8-4-5-9(6(2)10)7(8)11/h3,6,10H,1,4-5H2,2H3. The van der Waals surface area contributed by atoms with Crippen molar-refractivity contribution in [3.8, 4) is 0 Å². The van der Waals surface area contributed by atoms with Gasteiger partial charge in [0.15, 0.2) is 0 Å². The molecule has 4 heteroatoms. The van der Waals surface area contributed by atoms with E-state index in [2.05, 4.69) is 6.58 Å². The fourth-order valence-electron chi connectivity index (χ4n) is 1.09. The molecule has 0 bridgehead atoms. The third-order valence-electron chi connectivity index (χ3n) is 1.74. The van der Waals surface area contributed by atoms with Crippen LogP contribution in [0.25, 0.3) is 0 Å². The van der Waals surface area contributed by atoms with Crippen molar-refractivity contribution < 1.29 is 9.90 Å². The maximum Gasteiger partial charge on any atom is 0.326 e. The van der Waals surface area contributed by atoms with E-state index in [1.165, 1.54) is 16.0 Å². The Morgan fingerprint density at radius 1 is 1.73 bits per heavy atom. The first-order valence-electron chi connectivity index (χ1n) is 3.54. The zero-order valence-corrected chi connectivity index (χ0v) is 6.53. The molecule has 1 rings (SSSR count). The summed E-state index contributed by atoms with van der Waals surface area (Å²) in [7, 11) is 0. The smallest absolute Gasteiger partial charge is 0.326 e. The molecule has 1 N–H and O–H groups in total. The summed E-state index contributed by atoms with van der Waals surface area (Å²) in [6.07, 6.45) is 0.775. The lowest BCUT2D eigenvalue weighted by molar-refractivity contribution is 0.0581. The normalized spacial score (nSPS) is 20.7. The van der Waals surface area contributed by atoms with E-state index in [0.717, 1.165) is 0 Å². The zero-order valence-electron chi connectivity index (χ0n) is 6.53. The van der Waals surface area contributed by atoms with E-state index >= 15 is 0 Å². The molecule has 1 aliphatic heterocycles. The summed E-state index contributed by atoms with van der Waals surface area (Å²) in [4.78, 5) is 14.1. The average molecular weight is 156 g/mol. The minimum absolute atomic E-state index is 0.171. The number of amides is 2. The van der Waals surface area contributed by atoms with Crippen molar-refractivity contribution in [1.82, 2.24) is 9.80 Å². The van der Waals surface area contributed by atoms with Crippen LogP contribution in [-0.4, -0.2) is 40.3 Å². The van der Waals surface area contributed by atoms with Crippen LogP contribution in [0.4, 0.5) is 4.79 Å². The monoisotopic (exact) mass is 156 g/mol. The van der Waals surface area contributed by atoms with Gasteiger partial charge in [0, 0.05) is 19.3 Å². The fraction of sp³-hybridized carbons (Fsp3) is 0.571. The Labute approximate surface area is 65.7 Å². The molecule has 1 aliphatic rings. The highest BCUT2D eigenvalue weighted by Crippen LogP contribution is 2.10. The van der Waals surface area contributed by atoms with Gasteiger partial charge in [0.05, 0.1) is 0 Å². The number of urea groups is 1. The summed E-state index contributed by atoms with van der Waals surface area (Å²) < 4.78 is 0. The van der Waals surface area contributed by atoms with E-state index in [9.17, 15) is 4.79 Å². The largest absolute Gasteiger partial charge is 0.374 e. The van der Waals surface area contributed by atoms with Crippen LogP contribution < -0.4 is 0 Å². The second-order valence-electron chi connectivity index (χ2n) is 2.48. The van der Waals surface area contributed by atoms with Gasteiger partial charge in [-0.25, -0.2) is 4.79 Å². The molecule has 1 heterocycles. The SMILES string of the molecule is C=CN1CCN(C(C)O)C1=O. The molecule has 11 heavy (non-hydrogen) atoms. The van der Waals surface area contributed by atoms with Crippen molar-refractivity contribution in [2.75, 3.05) is 13.1 Å². The topological polar surface area (TPSA) is 43.8 Å². The highest BCUT2D eigenvalue weighted by atomic mass is 16.3. The Kier molecular flexibility index (Phi) is 2.14. The quantitative estimate of drug-likeness (QED) is 0.621. The molecule has 2 amide bonds. The molecule has 1 unspecified atom stereocenters. The summed E-state index contributed by atoms with van der Waals surface area (Å²) in [5, 5.41) is 9.08. The third-order valence-corrected chi connectivity index (χ3v) is 1.74. The van der Waals surface area contributed by atoms with Crippen LogP contribution in [0.1, 0.15) is 6.92 Å². The molecule has 1 fully saturated rings. The van der Waals surface area contributed by atoms with Crippen LogP contribution in [0.2, 0.25) is 0 Å². The molecule has 0 radical (unpaired) electrons. The van der Waals surface area contributed by atoms with Crippen LogP contribution in [0.3, 0.4) is 0 Å². The lowest BCUT2D eigenvalue weighted by atomic mass is 10.5. The van der Waals surface area contributed by atoms with Crippen molar-refractivity contribution in [3.63, 3.8) is 0 Å². The lowest BCUT2D eigenvalue weighted by Crippen LogP contribution is -2.35. The summed E-state index contributed by atoms with van der Waals surface area (Å²) in [5.41, 5.74) is 0. The Hall–Kier alpha value is -1.03. The van der Waals surface area contributed by atoms with Gasteiger partial charge < -0.3 is 5.11 Å². The van der Waals surface area contributed by atoms with Gasteiger partial charge in [-0.3, -0.25) is 9.80 Å². The van der Waals surface area contributed by atoms with Gasteiger partial charge in [0.1, 0.15) is 6.23 Å². The number of rotatable bonds is 2. The highest BCUT2D eigenvalue weighted by Gasteiger charge is 2.28. The molecule has 0 spiro atoms. The van der Waals surface area contributed by atoms with Gasteiger partial charge in [0.25, 0.3) is 0 Å². The third kappa shape index (κ3) is 1.35. The van der Waals surface area contributed by atoms with Gasteiger partial charge >= 0.3 is 6.03 Å². The maximum atomic E-state index is 11.2. The summed E-state index contributed by atoms with van der Waals surface area (Å²) >= 11 is 0. The summed E-state index contributed by atoms with van der Waals surface area (Å²) in [6, 6.07) is -0.171. The summed E-state index contributed by atoms with van der Waals surface area (Å²) in [5.74, 6) is 0. The van der Waals surface area contributed by atoms with E-state index in [1.807, 2.05) is 0 Å². The molecule has 0 aromatic carbocycles. The molecule has 1 saturated heterocycles. The van der Waals surface area contributed by atoms with Gasteiger partial charge in [0.2, 0.25) is 0 Å². The molecule has 1 atom stereocenters. The second kappa shape index (κ2) is 2.92. The van der Waals surface area contributed by atoms with Crippen LogP contribution >= 0.6 is 0 Å². The van der Waals surface area contributed by atoms with E-state index in [-0.39, 0.29) is 6.03 Å². The molecule has 62 valence electrons. The minimum atomic E-state index is -0.701. The fourth-order valence-corrected chi connectivity index (χ4v) is 1.09. The number of aliphatic hydroxyl groups excluding tert-OH is 1. The number of carbonyl (C=O) groups excluding carboxylic acids is 1. The highest BCUT2D eigenvalue weighted by molar-refractivity contribution is 5.77. The van der Waals surface area contributed by atoms with Gasteiger partial charge in [-0.15, -0.1) is 0 Å². The van der Waals surface area contributed by atoms with E-state index in [1.54, 1.807) is 6.92 Å². The molecular weight excluding hydrogens is 144 g/mol. The Balaban J connectivity index is 2.62. The Morgan fingerprint density at radius 2 is 2.36 bits per heavy atom. The Morgan fingerprint density at radius 3 is 2.64 bits per heavy atom. The zero-order chi connectivity index (χ0) is 8.43. The van der Waals surface area contributed by atoms with Crippen molar-refractivity contribution >= 4 is 6.03 Å². The predicted octanol–water partition coefficient (Wildman–Crippen LogP) is 0.206. The molecule has 0 aromatic heterocycles. The first-order chi connectivity index (χ1) is 5.16. The van der Waals surface area contributed by atoms with Crippen molar-refractivity contribution in [3.05, 3.63) is 12.8 Å². The number of carbonyl (C=O) groups is 1. The number of aliphatic hydroxyl groups is 1. The first-order valence-corrected chi connectivity index (χ1v) is 3.54. The molecular formula is C7H12N2O2. The van der Waals surface area contributed by atoms with Gasteiger partial charge in [-0.1, -0.05) is 6.58 Å². The van der Waals surface area contributed by atoms with Crippen molar-refractivity contribution in [2.45, 2.75) is 13.2 Å². The van der Waals surface area contributed by atoms with Gasteiger partial charge in [-0.2, -0.15) is 0 Å².